The SMILES string of the molecule is COc1ccc(-c2ccc3nc(C)c(-c4ccc(N5CCOCC5)nc4)n3n2)cc1OC. The number of nitrogens with zero attached hydrogens (tertiary/aromatic N) is 5. The van der Waals surface area contributed by atoms with Crippen LogP contribution < -0.4 is 14.4 Å². The molecule has 8 nitrogen and oxygen atoms in total. The molecule has 0 aliphatic carbocycles. The zero-order chi connectivity index (χ0) is 22.1. The zero-order valence-corrected chi connectivity index (χ0v) is 18.4. The number of hydrogen-bond acceptors (Lipinski definition) is 7. The Kier molecular flexibility index (Phi) is 5.36. The van der Waals surface area contributed by atoms with Crippen molar-refractivity contribution in [3.05, 3.63) is 54.4 Å². The first-order valence-corrected chi connectivity index (χ1v) is 10.6. The first-order chi connectivity index (χ1) is 15.7. The Labute approximate surface area is 186 Å². The fourth-order valence-electron chi connectivity index (χ4n) is 4.03. The van der Waals surface area contributed by atoms with Crippen LogP contribution in [0.3, 0.4) is 0 Å². The molecule has 1 saturated heterocycles. The molecule has 8 heteroatoms. The molecule has 1 fully saturated rings. The van der Waals surface area contributed by atoms with Gasteiger partial charge in [0.1, 0.15) is 5.82 Å². The van der Waals surface area contributed by atoms with Crippen molar-refractivity contribution in [1.82, 2.24) is 19.6 Å². The van der Waals surface area contributed by atoms with E-state index < -0.39 is 0 Å². The van der Waals surface area contributed by atoms with Crippen molar-refractivity contribution in [3.8, 4) is 34.0 Å². The number of rotatable bonds is 5. The Morgan fingerprint density at radius 1 is 0.906 bits per heavy atom. The summed E-state index contributed by atoms with van der Waals surface area (Å²) in [4.78, 5) is 11.6. The molecule has 164 valence electrons. The number of aryl methyl sites for hydroxylation is 1. The predicted octanol–water partition coefficient (Wildman–Crippen LogP) is 3.62. The summed E-state index contributed by atoms with van der Waals surface area (Å²) in [6, 6.07) is 13.9. The molecular formula is C24H25N5O3. The van der Waals surface area contributed by atoms with Crippen LogP contribution in [0.15, 0.2) is 48.7 Å². The average Bonchev–Trinajstić information content (AvgIpc) is 3.19. The Morgan fingerprint density at radius 3 is 2.41 bits per heavy atom. The maximum absolute atomic E-state index is 5.45. The minimum absolute atomic E-state index is 0.664. The van der Waals surface area contributed by atoms with E-state index in [2.05, 4.69) is 17.0 Å². The molecule has 0 bridgehead atoms. The Morgan fingerprint density at radius 2 is 1.69 bits per heavy atom. The second kappa shape index (κ2) is 8.47. The van der Waals surface area contributed by atoms with Crippen LogP contribution in [0.4, 0.5) is 5.82 Å². The number of aromatic nitrogens is 4. The van der Waals surface area contributed by atoms with Gasteiger partial charge in [0, 0.05) is 30.4 Å². The molecule has 0 unspecified atom stereocenters. The number of methoxy groups -OCH3 is 2. The summed E-state index contributed by atoms with van der Waals surface area (Å²) >= 11 is 0. The van der Waals surface area contributed by atoms with Gasteiger partial charge in [-0.15, -0.1) is 0 Å². The molecule has 0 radical (unpaired) electrons. The van der Waals surface area contributed by atoms with Crippen LogP contribution in [0.2, 0.25) is 0 Å². The maximum Gasteiger partial charge on any atom is 0.161 e. The van der Waals surface area contributed by atoms with Crippen molar-refractivity contribution >= 4 is 11.5 Å². The lowest BCUT2D eigenvalue weighted by Gasteiger charge is -2.27. The molecule has 0 amide bonds. The minimum Gasteiger partial charge on any atom is -0.493 e. The van der Waals surface area contributed by atoms with Gasteiger partial charge >= 0.3 is 0 Å². The Bertz CT molecular complexity index is 1250. The highest BCUT2D eigenvalue weighted by Gasteiger charge is 2.16. The summed E-state index contributed by atoms with van der Waals surface area (Å²) in [6.45, 7) is 5.18. The van der Waals surface area contributed by atoms with Gasteiger partial charge in [0.25, 0.3) is 0 Å². The highest BCUT2D eigenvalue weighted by atomic mass is 16.5. The third-order valence-corrected chi connectivity index (χ3v) is 5.69. The van der Waals surface area contributed by atoms with E-state index in [1.807, 2.05) is 48.0 Å². The quantitative estimate of drug-likeness (QED) is 0.478. The highest BCUT2D eigenvalue weighted by Crippen LogP contribution is 2.32. The first-order valence-electron chi connectivity index (χ1n) is 10.6. The van der Waals surface area contributed by atoms with Gasteiger partial charge in [-0.2, -0.15) is 5.10 Å². The summed E-state index contributed by atoms with van der Waals surface area (Å²) in [5.41, 5.74) is 5.35. The van der Waals surface area contributed by atoms with Crippen LogP contribution in [-0.4, -0.2) is 60.1 Å². The lowest BCUT2D eigenvalue weighted by atomic mass is 10.1. The monoisotopic (exact) mass is 431 g/mol. The van der Waals surface area contributed by atoms with Crippen LogP contribution in [-0.2, 0) is 4.74 Å². The summed E-state index contributed by atoms with van der Waals surface area (Å²) in [5.74, 6) is 2.31. The lowest BCUT2D eigenvalue weighted by molar-refractivity contribution is 0.122. The van der Waals surface area contributed by atoms with E-state index in [9.17, 15) is 0 Å². The van der Waals surface area contributed by atoms with Crippen molar-refractivity contribution in [1.29, 1.82) is 0 Å². The van der Waals surface area contributed by atoms with Crippen molar-refractivity contribution in [2.75, 3.05) is 45.4 Å². The van der Waals surface area contributed by atoms with E-state index in [0.717, 1.165) is 66.0 Å². The van der Waals surface area contributed by atoms with Crippen LogP contribution >= 0.6 is 0 Å². The molecule has 0 atom stereocenters. The molecule has 1 aromatic carbocycles. The van der Waals surface area contributed by atoms with Gasteiger partial charge in [-0.25, -0.2) is 14.5 Å². The van der Waals surface area contributed by atoms with E-state index in [0.29, 0.717) is 11.5 Å². The number of benzene rings is 1. The highest BCUT2D eigenvalue weighted by molar-refractivity contribution is 5.69. The van der Waals surface area contributed by atoms with Crippen LogP contribution in [0.1, 0.15) is 5.69 Å². The molecule has 3 aromatic heterocycles. The molecule has 5 rings (SSSR count). The molecule has 0 saturated carbocycles. The largest absolute Gasteiger partial charge is 0.493 e. The summed E-state index contributed by atoms with van der Waals surface area (Å²) in [7, 11) is 3.25. The smallest absolute Gasteiger partial charge is 0.161 e. The summed E-state index contributed by atoms with van der Waals surface area (Å²) < 4.78 is 18.1. The van der Waals surface area contributed by atoms with Gasteiger partial charge < -0.3 is 19.1 Å². The molecule has 4 heterocycles. The number of pyridine rings is 1. The molecular weight excluding hydrogens is 406 g/mol. The molecule has 1 aliphatic heterocycles. The third kappa shape index (κ3) is 3.62. The number of anilines is 1. The van der Waals surface area contributed by atoms with Gasteiger partial charge in [0.2, 0.25) is 0 Å². The number of ether oxygens (including phenoxy) is 3. The topological polar surface area (TPSA) is 74.0 Å². The number of imidazole rings is 1. The predicted molar refractivity (Wildman–Crippen MR) is 123 cm³/mol. The number of hydrogen-bond donors (Lipinski definition) is 0. The third-order valence-electron chi connectivity index (χ3n) is 5.69. The molecule has 32 heavy (non-hydrogen) atoms. The fourth-order valence-corrected chi connectivity index (χ4v) is 4.03. The Hall–Kier alpha value is -3.65. The molecule has 0 spiro atoms. The van der Waals surface area contributed by atoms with Gasteiger partial charge in [-0.05, 0) is 49.4 Å². The van der Waals surface area contributed by atoms with Crippen molar-refractivity contribution < 1.29 is 14.2 Å². The van der Waals surface area contributed by atoms with Crippen LogP contribution in [0.25, 0.3) is 28.2 Å². The van der Waals surface area contributed by atoms with Crippen LogP contribution in [0, 0.1) is 6.92 Å². The molecule has 1 aliphatic rings. The van der Waals surface area contributed by atoms with E-state index in [-0.39, 0.29) is 0 Å². The second-order valence-corrected chi connectivity index (χ2v) is 7.61. The first kappa shape index (κ1) is 20.3. The van der Waals surface area contributed by atoms with E-state index >= 15 is 0 Å². The normalized spacial score (nSPS) is 14.0. The summed E-state index contributed by atoms with van der Waals surface area (Å²) in [6.07, 6.45) is 1.89. The Balaban J connectivity index is 1.53. The lowest BCUT2D eigenvalue weighted by Crippen LogP contribution is -2.36. The maximum atomic E-state index is 5.45. The standard InChI is InChI=1S/C24H25N5O3/c1-16-24(18-5-8-22(25-15-18)28-10-12-32-13-11-28)29-23(26-16)9-6-19(27-29)17-4-7-20(30-2)21(14-17)31-3/h4-9,14-15H,10-13H2,1-3H3. The van der Waals surface area contributed by atoms with E-state index in [1.54, 1.807) is 14.2 Å². The van der Waals surface area contributed by atoms with Crippen molar-refractivity contribution in [3.63, 3.8) is 0 Å². The van der Waals surface area contributed by atoms with Gasteiger partial charge in [-0.3, -0.25) is 0 Å². The zero-order valence-electron chi connectivity index (χ0n) is 18.4. The fraction of sp³-hybridized carbons (Fsp3) is 0.292. The molecule has 4 aromatic rings. The van der Waals surface area contributed by atoms with E-state index in [4.69, 9.17) is 29.3 Å². The number of morpholine rings is 1. The van der Waals surface area contributed by atoms with Gasteiger partial charge in [0.15, 0.2) is 17.1 Å². The average molecular weight is 431 g/mol. The second-order valence-electron chi connectivity index (χ2n) is 7.61. The molecule has 0 N–H and O–H groups in total. The van der Waals surface area contributed by atoms with Gasteiger partial charge in [0.05, 0.1) is 44.5 Å². The van der Waals surface area contributed by atoms with Crippen molar-refractivity contribution in [2.45, 2.75) is 6.92 Å². The van der Waals surface area contributed by atoms with Gasteiger partial charge in [-0.1, -0.05) is 0 Å². The van der Waals surface area contributed by atoms with E-state index in [1.165, 1.54) is 0 Å². The number of fused-ring (bicyclic) bond motifs is 1. The summed E-state index contributed by atoms with van der Waals surface area (Å²) in [5, 5.41) is 4.89. The van der Waals surface area contributed by atoms with Crippen LogP contribution in [0.5, 0.6) is 11.5 Å². The minimum atomic E-state index is 0.664. The van der Waals surface area contributed by atoms with Crippen molar-refractivity contribution in [2.24, 2.45) is 0 Å².